The van der Waals surface area contributed by atoms with E-state index in [-0.39, 0.29) is 11.3 Å². The summed E-state index contributed by atoms with van der Waals surface area (Å²) in [6, 6.07) is 5.04. The number of hydrogen-bond acceptors (Lipinski definition) is 4. The van der Waals surface area contributed by atoms with Gasteiger partial charge in [0.05, 0.1) is 4.92 Å². The number of hydrogen-bond donors (Lipinski definition) is 0. The van der Waals surface area contributed by atoms with Gasteiger partial charge in [-0.05, 0) is 12.1 Å². The topological polar surface area (TPSA) is 80.5 Å². The third-order valence-corrected chi connectivity index (χ3v) is 1.80. The van der Waals surface area contributed by atoms with Crippen molar-refractivity contribution < 1.29 is 14.5 Å². The molecule has 0 aliphatic heterocycles. The van der Waals surface area contributed by atoms with Crippen molar-refractivity contribution in [3.05, 3.63) is 39.9 Å². The fourth-order valence-electron chi connectivity index (χ4n) is 0.977. The number of nitro groups is 1. The number of non-ortho nitro benzene ring substituents is 1. The number of carbonyl (C=O) groups is 2. The molecule has 1 aromatic rings. The summed E-state index contributed by atoms with van der Waals surface area (Å²) < 4.78 is 0. The molecule has 0 N–H and O–H groups in total. The first kappa shape index (κ1) is 10.8. The lowest BCUT2D eigenvalue weighted by Crippen LogP contribution is -2.24. The first-order chi connectivity index (χ1) is 7.06. The molecular formula is C9H8N2O4. The third-order valence-electron chi connectivity index (χ3n) is 1.80. The lowest BCUT2D eigenvalue weighted by molar-refractivity contribution is -0.384. The van der Waals surface area contributed by atoms with Crippen molar-refractivity contribution in [1.29, 1.82) is 0 Å². The standard InChI is InChI=1S/C9H8N2O4/c1-10(6-12)9(13)7-2-4-8(5-3-7)11(14)15/h2-6H,1H3. The van der Waals surface area contributed by atoms with E-state index in [1.165, 1.54) is 31.3 Å². The van der Waals surface area contributed by atoms with E-state index in [0.717, 1.165) is 4.90 Å². The molecule has 0 heterocycles. The zero-order chi connectivity index (χ0) is 11.4. The molecule has 0 saturated carbocycles. The maximum atomic E-state index is 11.4. The van der Waals surface area contributed by atoms with Crippen LogP contribution >= 0.6 is 0 Å². The van der Waals surface area contributed by atoms with Gasteiger partial charge < -0.3 is 0 Å². The largest absolute Gasteiger partial charge is 0.284 e. The zero-order valence-corrected chi connectivity index (χ0v) is 7.91. The molecule has 0 aromatic heterocycles. The second-order valence-electron chi connectivity index (χ2n) is 2.83. The van der Waals surface area contributed by atoms with Crippen LogP contribution in [-0.2, 0) is 4.79 Å². The van der Waals surface area contributed by atoms with Crippen molar-refractivity contribution in [3.63, 3.8) is 0 Å². The number of benzene rings is 1. The zero-order valence-electron chi connectivity index (χ0n) is 7.91. The minimum atomic E-state index is -0.558. The highest BCUT2D eigenvalue weighted by molar-refractivity contribution is 5.99. The van der Waals surface area contributed by atoms with Crippen LogP contribution in [0.1, 0.15) is 10.4 Å². The van der Waals surface area contributed by atoms with Crippen LogP contribution < -0.4 is 0 Å². The van der Waals surface area contributed by atoms with E-state index in [2.05, 4.69) is 0 Å². The number of amides is 2. The Kier molecular flexibility index (Phi) is 3.12. The summed E-state index contributed by atoms with van der Waals surface area (Å²) in [5.41, 5.74) is 0.135. The molecule has 78 valence electrons. The molecule has 0 aliphatic carbocycles. The van der Waals surface area contributed by atoms with Crippen molar-refractivity contribution in [2.45, 2.75) is 0 Å². The maximum Gasteiger partial charge on any atom is 0.269 e. The Bertz CT molecular complexity index is 399. The highest BCUT2D eigenvalue weighted by atomic mass is 16.6. The van der Waals surface area contributed by atoms with Crippen molar-refractivity contribution >= 4 is 18.0 Å². The Labute approximate surface area is 85.3 Å². The third kappa shape index (κ3) is 2.37. The van der Waals surface area contributed by atoms with Gasteiger partial charge in [-0.3, -0.25) is 24.6 Å². The van der Waals surface area contributed by atoms with Crippen molar-refractivity contribution in [2.75, 3.05) is 7.05 Å². The molecule has 0 atom stereocenters. The highest BCUT2D eigenvalue weighted by Gasteiger charge is 2.12. The van der Waals surface area contributed by atoms with E-state index in [4.69, 9.17) is 0 Å². The van der Waals surface area contributed by atoms with Gasteiger partial charge in [0.2, 0.25) is 6.41 Å². The van der Waals surface area contributed by atoms with E-state index < -0.39 is 10.8 Å². The van der Waals surface area contributed by atoms with Crippen molar-refractivity contribution in [3.8, 4) is 0 Å². The second kappa shape index (κ2) is 4.32. The van der Waals surface area contributed by atoms with Gasteiger partial charge in [-0.1, -0.05) is 0 Å². The molecule has 6 nitrogen and oxygen atoms in total. The molecule has 0 bridgehead atoms. The smallest absolute Gasteiger partial charge is 0.269 e. The Morgan fingerprint density at radius 3 is 2.33 bits per heavy atom. The number of rotatable bonds is 3. The molecule has 15 heavy (non-hydrogen) atoms. The van der Waals surface area contributed by atoms with Crippen LogP contribution in [0.3, 0.4) is 0 Å². The average molecular weight is 208 g/mol. The molecule has 6 heteroatoms. The highest BCUT2D eigenvalue weighted by Crippen LogP contribution is 2.12. The Morgan fingerprint density at radius 2 is 1.93 bits per heavy atom. The van der Waals surface area contributed by atoms with Gasteiger partial charge in [0.1, 0.15) is 0 Å². The van der Waals surface area contributed by atoms with Gasteiger partial charge in [0.15, 0.2) is 0 Å². The summed E-state index contributed by atoms with van der Waals surface area (Å²) >= 11 is 0. The van der Waals surface area contributed by atoms with Gasteiger partial charge >= 0.3 is 0 Å². The maximum absolute atomic E-state index is 11.4. The monoisotopic (exact) mass is 208 g/mol. The van der Waals surface area contributed by atoms with Crippen LogP contribution in [0.15, 0.2) is 24.3 Å². The van der Waals surface area contributed by atoms with E-state index in [0.29, 0.717) is 6.41 Å². The van der Waals surface area contributed by atoms with Gasteiger partial charge in [-0.2, -0.15) is 0 Å². The van der Waals surface area contributed by atoms with Gasteiger partial charge in [0.25, 0.3) is 11.6 Å². The van der Waals surface area contributed by atoms with Crippen LogP contribution in [0.4, 0.5) is 5.69 Å². The van der Waals surface area contributed by atoms with E-state index in [9.17, 15) is 19.7 Å². The van der Waals surface area contributed by atoms with Gasteiger partial charge in [0, 0.05) is 24.7 Å². The summed E-state index contributed by atoms with van der Waals surface area (Å²) in [6.07, 6.45) is 0.379. The van der Waals surface area contributed by atoms with Crippen LogP contribution in [0, 0.1) is 10.1 Å². The molecule has 0 fully saturated rings. The molecule has 1 aromatic carbocycles. The van der Waals surface area contributed by atoms with Gasteiger partial charge in [-0.15, -0.1) is 0 Å². The number of carbonyl (C=O) groups excluding carboxylic acids is 2. The molecule has 0 aliphatic rings. The van der Waals surface area contributed by atoms with E-state index in [1.807, 2.05) is 0 Å². The lowest BCUT2D eigenvalue weighted by atomic mass is 10.2. The minimum Gasteiger partial charge on any atom is -0.284 e. The van der Waals surface area contributed by atoms with E-state index >= 15 is 0 Å². The summed E-state index contributed by atoms with van der Waals surface area (Å²) in [6.45, 7) is 0. The van der Waals surface area contributed by atoms with Crippen molar-refractivity contribution in [1.82, 2.24) is 4.90 Å². The molecule has 0 unspecified atom stereocenters. The predicted molar refractivity (Wildman–Crippen MR) is 51.3 cm³/mol. The first-order valence-electron chi connectivity index (χ1n) is 4.03. The molecular weight excluding hydrogens is 200 g/mol. The molecule has 1 rings (SSSR count). The molecule has 2 amide bonds. The van der Waals surface area contributed by atoms with E-state index in [1.54, 1.807) is 0 Å². The first-order valence-corrected chi connectivity index (χ1v) is 4.03. The molecule has 0 saturated heterocycles. The fraction of sp³-hybridized carbons (Fsp3) is 0.111. The van der Waals surface area contributed by atoms with Gasteiger partial charge in [-0.25, -0.2) is 0 Å². The Morgan fingerprint density at radius 1 is 1.40 bits per heavy atom. The Hall–Kier alpha value is -2.24. The summed E-state index contributed by atoms with van der Waals surface area (Å²) in [4.78, 5) is 32.3. The average Bonchev–Trinajstić information content (AvgIpc) is 2.27. The van der Waals surface area contributed by atoms with Crippen LogP contribution in [0.2, 0.25) is 0 Å². The lowest BCUT2D eigenvalue weighted by Gasteiger charge is -2.07. The molecule has 0 radical (unpaired) electrons. The van der Waals surface area contributed by atoms with Crippen LogP contribution in [-0.4, -0.2) is 29.2 Å². The Balaban J connectivity index is 2.94. The SMILES string of the molecule is CN(C=O)C(=O)c1ccc([N+](=O)[O-])cc1. The van der Waals surface area contributed by atoms with Crippen molar-refractivity contribution in [2.24, 2.45) is 0 Å². The van der Waals surface area contributed by atoms with Crippen LogP contribution in [0.5, 0.6) is 0 Å². The molecule has 0 spiro atoms. The normalized spacial score (nSPS) is 9.40. The minimum absolute atomic E-state index is 0.0969. The second-order valence-corrected chi connectivity index (χ2v) is 2.83. The number of nitro benzene ring substituents is 1. The fourth-order valence-corrected chi connectivity index (χ4v) is 0.977. The predicted octanol–water partition coefficient (Wildman–Crippen LogP) is 0.823. The van der Waals surface area contributed by atoms with Crippen LogP contribution in [0.25, 0.3) is 0 Å². The number of nitrogens with zero attached hydrogens (tertiary/aromatic N) is 2. The summed E-state index contributed by atoms with van der Waals surface area (Å²) in [5, 5.41) is 10.3. The quantitative estimate of drug-likeness (QED) is 0.418. The summed E-state index contributed by atoms with van der Waals surface area (Å²) in [5.74, 6) is -0.500. The number of imide groups is 1. The summed E-state index contributed by atoms with van der Waals surface area (Å²) in [7, 11) is 1.32.